The lowest BCUT2D eigenvalue weighted by Gasteiger charge is -2.12. The van der Waals surface area contributed by atoms with Gasteiger partial charge >= 0.3 is 0 Å². The molecule has 4 aromatic rings. The van der Waals surface area contributed by atoms with Crippen LogP contribution in [0.5, 0.6) is 17.4 Å². The molecule has 0 amide bonds. The standard InChI is InChI=1S/C22H21N5O4S/c1-15-16(2)27(14-23-15)21-12-13-22(25-24-21)31-18-10-8-17(9-11-18)26-32(28,29)20-7-5-4-6-19(20)30-3/h4-14,26H,1-3H3. The van der Waals surface area contributed by atoms with E-state index in [9.17, 15) is 8.42 Å². The Balaban J connectivity index is 1.45. The van der Waals surface area contributed by atoms with Crippen LogP contribution in [0.3, 0.4) is 0 Å². The third kappa shape index (κ3) is 4.40. The molecule has 0 unspecified atom stereocenters. The van der Waals surface area contributed by atoms with Crippen LogP contribution in [-0.4, -0.2) is 35.3 Å². The number of hydrogen-bond donors (Lipinski definition) is 1. The molecule has 10 heteroatoms. The number of sulfonamides is 1. The SMILES string of the molecule is COc1ccccc1S(=O)(=O)Nc1ccc(Oc2ccc(-n3cnc(C)c3C)nn2)cc1. The molecule has 0 aliphatic rings. The van der Waals surface area contributed by atoms with Gasteiger partial charge in [0.1, 0.15) is 22.7 Å². The lowest BCUT2D eigenvalue weighted by atomic mass is 10.3. The maximum atomic E-state index is 12.7. The summed E-state index contributed by atoms with van der Waals surface area (Å²) in [7, 11) is -2.38. The van der Waals surface area contributed by atoms with Crippen LogP contribution in [0, 0.1) is 13.8 Å². The number of benzene rings is 2. The molecule has 0 saturated heterocycles. The third-order valence-corrected chi connectivity index (χ3v) is 6.23. The predicted molar refractivity (Wildman–Crippen MR) is 119 cm³/mol. The largest absolute Gasteiger partial charge is 0.495 e. The highest BCUT2D eigenvalue weighted by molar-refractivity contribution is 7.92. The Morgan fingerprint density at radius 3 is 2.31 bits per heavy atom. The molecule has 2 aromatic carbocycles. The van der Waals surface area contributed by atoms with E-state index in [0.29, 0.717) is 23.1 Å². The van der Waals surface area contributed by atoms with E-state index in [1.165, 1.54) is 13.2 Å². The quantitative estimate of drug-likeness (QED) is 0.454. The molecule has 0 radical (unpaired) electrons. The molecule has 2 aromatic heterocycles. The Morgan fingerprint density at radius 2 is 1.69 bits per heavy atom. The lowest BCUT2D eigenvalue weighted by Crippen LogP contribution is -2.13. The lowest BCUT2D eigenvalue weighted by molar-refractivity contribution is 0.403. The van der Waals surface area contributed by atoms with Gasteiger partial charge in [0.2, 0.25) is 5.88 Å². The summed E-state index contributed by atoms with van der Waals surface area (Å²) < 4.78 is 40.6. The molecule has 164 valence electrons. The molecule has 4 rings (SSSR count). The van der Waals surface area contributed by atoms with E-state index in [1.807, 2.05) is 18.4 Å². The smallest absolute Gasteiger partial charge is 0.265 e. The van der Waals surface area contributed by atoms with E-state index >= 15 is 0 Å². The number of rotatable bonds is 7. The van der Waals surface area contributed by atoms with Gasteiger partial charge in [0, 0.05) is 17.4 Å². The molecule has 0 atom stereocenters. The Hall–Kier alpha value is -3.92. The summed E-state index contributed by atoms with van der Waals surface area (Å²) in [5.74, 6) is 1.70. The van der Waals surface area contributed by atoms with E-state index in [1.54, 1.807) is 60.9 Å². The summed E-state index contributed by atoms with van der Waals surface area (Å²) in [6.07, 6.45) is 1.69. The number of anilines is 1. The van der Waals surface area contributed by atoms with Gasteiger partial charge in [0.25, 0.3) is 10.0 Å². The Kier molecular flexibility index (Phi) is 5.78. The van der Waals surface area contributed by atoms with Gasteiger partial charge in [-0.3, -0.25) is 9.29 Å². The zero-order valence-electron chi connectivity index (χ0n) is 17.7. The summed E-state index contributed by atoms with van der Waals surface area (Å²) >= 11 is 0. The monoisotopic (exact) mass is 451 g/mol. The number of imidazole rings is 1. The van der Waals surface area contributed by atoms with Gasteiger partial charge in [0.05, 0.1) is 12.8 Å². The second-order valence-electron chi connectivity index (χ2n) is 6.90. The number of nitrogens with zero attached hydrogens (tertiary/aromatic N) is 4. The molecule has 32 heavy (non-hydrogen) atoms. The molecular formula is C22H21N5O4S. The first-order valence-corrected chi connectivity index (χ1v) is 11.1. The summed E-state index contributed by atoms with van der Waals surface area (Å²) in [6, 6.07) is 16.4. The highest BCUT2D eigenvalue weighted by Crippen LogP contribution is 2.27. The second kappa shape index (κ2) is 8.67. The van der Waals surface area contributed by atoms with Gasteiger partial charge < -0.3 is 9.47 Å². The molecule has 2 heterocycles. The number of aryl methyl sites for hydroxylation is 1. The third-order valence-electron chi connectivity index (χ3n) is 4.81. The maximum absolute atomic E-state index is 12.7. The molecule has 0 spiro atoms. The van der Waals surface area contributed by atoms with Crippen molar-refractivity contribution in [1.82, 2.24) is 19.7 Å². The van der Waals surface area contributed by atoms with Crippen LogP contribution in [0.2, 0.25) is 0 Å². The fourth-order valence-corrected chi connectivity index (χ4v) is 4.22. The first kappa shape index (κ1) is 21.3. The molecule has 9 nitrogen and oxygen atoms in total. The summed E-state index contributed by atoms with van der Waals surface area (Å²) in [5, 5.41) is 8.27. The minimum absolute atomic E-state index is 0.0570. The van der Waals surface area contributed by atoms with E-state index < -0.39 is 10.0 Å². The van der Waals surface area contributed by atoms with Crippen LogP contribution >= 0.6 is 0 Å². The molecule has 0 bridgehead atoms. The van der Waals surface area contributed by atoms with Crippen LogP contribution in [0.25, 0.3) is 5.82 Å². The van der Waals surface area contributed by atoms with Gasteiger partial charge in [-0.1, -0.05) is 12.1 Å². The van der Waals surface area contributed by atoms with Gasteiger partial charge in [-0.2, -0.15) is 0 Å². The van der Waals surface area contributed by atoms with Crippen LogP contribution in [0.1, 0.15) is 11.4 Å². The van der Waals surface area contributed by atoms with Gasteiger partial charge in [0.15, 0.2) is 5.82 Å². The summed E-state index contributed by atoms with van der Waals surface area (Å²) in [4.78, 5) is 4.31. The fraction of sp³-hybridized carbons (Fsp3) is 0.136. The number of para-hydroxylation sites is 1. The van der Waals surface area contributed by atoms with Crippen molar-refractivity contribution in [2.24, 2.45) is 0 Å². The van der Waals surface area contributed by atoms with E-state index in [2.05, 4.69) is 19.9 Å². The maximum Gasteiger partial charge on any atom is 0.265 e. The molecule has 0 saturated carbocycles. The first-order chi connectivity index (χ1) is 15.4. The average molecular weight is 452 g/mol. The van der Waals surface area contributed by atoms with Crippen molar-refractivity contribution in [1.29, 1.82) is 0 Å². The highest BCUT2D eigenvalue weighted by Gasteiger charge is 2.19. The molecule has 0 fully saturated rings. The first-order valence-electron chi connectivity index (χ1n) is 9.66. The predicted octanol–water partition coefficient (Wildman–Crippen LogP) is 3.88. The highest BCUT2D eigenvalue weighted by atomic mass is 32.2. The van der Waals surface area contributed by atoms with Crippen LogP contribution in [0.4, 0.5) is 5.69 Å². The zero-order chi connectivity index (χ0) is 22.7. The summed E-state index contributed by atoms with van der Waals surface area (Å²) in [6.45, 7) is 3.88. The number of aromatic nitrogens is 4. The van der Waals surface area contributed by atoms with Crippen molar-refractivity contribution in [3.8, 4) is 23.2 Å². The van der Waals surface area contributed by atoms with E-state index in [4.69, 9.17) is 9.47 Å². The van der Waals surface area contributed by atoms with Crippen LogP contribution in [-0.2, 0) is 10.0 Å². The minimum Gasteiger partial charge on any atom is -0.495 e. The van der Waals surface area contributed by atoms with Crippen molar-refractivity contribution in [3.05, 3.63) is 78.4 Å². The van der Waals surface area contributed by atoms with Crippen molar-refractivity contribution in [2.75, 3.05) is 11.8 Å². The second-order valence-corrected chi connectivity index (χ2v) is 8.55. The van der Waals surface area contributed by atoms with Crippen LogP contribution < -0.4 is 14.2 Å². The Bertz CT molecular complexity index is 1330. The number of ether oxygens (including phenoxy) is 2. The normalized spacial score (nSPS) is 11.2. The van der Waals surface area contributed by atoms with Crippen molar-refractivity contribution >= 4 is 15.7 Å². The zero-order valence-corrected chi connectivity index (χ0v) is 18.5. The Morgan fingerprint density at radius 1 is 0.938 bits per heavy atom. The average Bonchev–Trinajstić information content (AvgIpc) is 3.13. The molecule has 1 N–H and O–H groups in total. The number of nitrogens with one attached hydrogen (secondary N) is 1. The minimum atomic E-state index is -3.81. The molecular weight excluding hydrogens is 430 g/mol. The topological polar surface area (TPSA) is 108 Å². The molecule has 0 aliphatic carbocycles. The van der Waals surface area contributed by atoms with Gasteiger partial charge in [-0.15, -0.1) is 10.2 Å². The van der Waals surface area contributed by atoms with Crippen molar-refractivity contribution in [2.45, 2.75) is 18.7 Å². The fourth-order valence-electron chi connectivity index (χ4n) is 2.99. The Labute approximate surface area is 185 Å². The summed E-state index contributed by atoms with van der Waals surface area (Å²) in [5.41, 5.74) is 2.29. The number of methoxy groups -OCH3 is 1. The van der Waals surface area contributed by atoms with E-state index in [0.717, 1.165) is 11.4 Å². The van der Waals surface area contributed by atoms with Crippen molar-refractivity contribution in [3.63, 3.8) is 0 Å². The van der Waals surface area contributed by atoms with Gasteiger partial charge in [-0.05, 0) is 56.3 Å². The van der Waals surface area contributed by atoms with E-state index in [-0.39, 0.29) is 10.6 Å². The van der Waals surface area contributed by atoms with Crippen molar-refractivity contribution < 1.29 is 17.9 Å². The van der Waals surface area contributed by atoms with Gasteiger partial charge in [-0.25, -0.2) is 13.4 Å². The number of hydrogen-bond acceptors (Lipinski definition) is 7. The molecule has 0 aliphatic heterocycles. The van der Waals surface area contributed by atoms with Crippen LogP contribution in [0.15, 0.2) is 71.9 Å².